The molecular weight excluding hydrogens is 677 g/mol. The molecule has 1 aromatic heterocycles. The van der Waals surface area contributed by atoms with E-state index in [0.717, 1.165) is 37.0 Å². The minimum absolute atomic E-state index is 0.0452. The number of alkyl halides is 3. The Morgan fingerprint density at radius 2 is 1.58 bits per heavy atom. The van der Waals surface area contributed by atoms with Crippen LogP contribution in [0, 0.1) is 0 Å². The maximum absolute atomic E-state index is 13.8. The van der Waals surface area contributed by atoms with Gasteiger partial charge in [0.25, 0.3) is 11.5 Å². The SMILES string of the molecule is CC(=O)NCCCCCOc1ccc(CNC(=O)c2cn(Cc3ccc(OC(F)(F)F)cc3)c(=O)c3c2SC[C@@H]3NC(=O)OC(C)(C)C)cc1. The lowest BCUT2D eigenvalue weighted by Gasteiger charge is -2.22. The maximum atomic E-state index is 13.8. The van der Waals surface area contributed by atoms with Crippen molar-refractivity contribution in [2.75, 3.05) is 18.9 Å². The molecule has 1 aliphatic rings. The molecule has 11 nitrogen and oxygen atoms in total. The number of rotatable bonds is 14. The maximum Gasteiger partial charge on any atom is 0.573 e. The predicted octanol–water partition coefficient (Wildman–Crippen LogP) is 6.08. The second-order valence-electron chi connectivity index (χ2n) is 12.6. The van der Waals surface area contributed by atoms with Crippen molar-refractivity contribution < 1.29 is 41.8 Å². The van der Waals surface area contributed by atoms with Crippen molar-refractivity contribution >= 4 is 29.7 Å². The molecule has 2 aromatic carbocycles. The number of amides is 3. The van der Waals surface area contributed by atoms with Crippen molar-refractivity contribution in [1.29, 1.82) is 0 Å². The normalized spacial score (nSPS) is 14.0. The van der Waals surface area contributed by atoms with Gasteiger partial charge in [-0.05, 0) is 75.4 Å². The van der Waals surface area contributed by atoms with Crippen LogP contribution < -0.4 is 31.0 Å². The highest BCUT2D eigenvalue weighted by Gasteiger charge is 2.34. The average molecular weight is 719 g/mol. The monoisotopic (exact) mass is 718 g/mol. The number of carbonyl (C=O) groups is 3. The van der Waals surface area contributed by atoms with Gasteiger partial charge in [-0.2, -0.15) is 0 Å². The molecule has 0 saturated heterocycles. The summed E-state index contributed by atoms with van der Waals surface area (Å²) >= 11 is 1.26. The molecule has 1 aliphatic heterocycles. The molecule has 3 aromatic rings. The van der Waals surface area contributed by atoms with E-state index < -0.39 is 41.3 Å². The van der Waals surface area contributed by atoms with Crippen LogP contribution in [-0.2, 0) is 22.6 Å². The van der Waals surface area contributed by atoms with Gasteiger partial charge in [0, 0.05) is 36.9 Å². The van der Waals surface area contributed by atoms with Crippen LogP contribution in [0.5, 0.6) is 11.5 Å². The molecule has 270 valence electrons. The summed E-state index contributed by atoms with van der Waals surface area (Å²) in [6, 6.07) is 11.6. The van der Waals surface area contributed by atoms with Crippen molar-refractivity contribution in [1.82, 2.24) is 20.5 Å². The van der Waals surface area contributed by atoms with E-state index in [1.54, 1.807) is 20.8 Å². The minimum Gasteiger partial charge on any atom is -0.494 e. The Morgan fingerprint density at radius 3 is 2.22 bits per heavy atom. The number of hydrogen-bond donors (Lipinski definition) is 3. The van der Waals surface area contributed by atoms with E-state index in [4.69, 9.17) is 9.47 Å². The van der Waals surface area contributed by atoms with Crippen LogP contribution in [0.2, 0.25) is 0 Å². The second-order valence-corrected chi connectivity index (χ2v) is 13.7. The zero-order valence-corrected chi connectivity index (χ0v) is 29.1. The molecule has 0 unspecified atom stereocenters. The molecule has 15 heteroatoms. The third-order valence-corrected chi connectivity index (χ3v) is 8.52. The summed E-state index contributed by atoms with van der Waals surface area (Å²) < 4.78 is 54.3. The first-order valence-corrected chi connectivity index (χ1v) is 17.1. The summed E-state index contributed by atoms with van der Waals surface area (Å²) in [5.74, 6) is 0.0688. The second kappa shape index (κ2) is 16.8. The quantitative estimate of drug-likeness (QED) is 0.171. The molecule has 3 N–H and O–H groups in total. The Hall–Kier alpha value is -4.66. The summed E-state index contributed by atoms with van der Waals surface area (Å²) in [4.78, 5) is 51.4. The van der Waals surface area contributed by atoms with E-state index in [1.165, 1.54) is 41.6 Å². The molecule has 4 rings (SSSR count). The van der Waals surface area contributed by atoms with E-state index in [9.17, 15) is 32.3 Å². The molecule has 50 heavy (non-hydrogen) atoms. The number of pyridine rings is 1. The zero-order valence-electron chi connectivity index (χ0n) is 28.3. The van der Waals surface area contributed by atoms with Crippen LogP contribution in [0.15, 0.2) is 64.4 Å². The lowest BCUT2D eigenvalue weighted by atomic mass is 10.1. The third kappa shape index (κ3) is 11.7. The largest absolute Gasteiger partial charge is 0.573 e. The molecule has 1 atom stereocenters. The fourth-order valence-corrected chi connectivity index (χ4v) is 6.33. The number of halogens is 3. The Bertz CT molecular complexity index is 1710. The van der Waals surface area contributed by atoms with Crippen LogP contribution in [0.1, 0.15) is 80.0 Å². The van der Waals surface area contributed by atoms with Crippen molar-refractivity contribution in [2.24, 2.45) is 0 Å². The van der Waals surface area contributed by atoms with Gasteiger partial charge >= 0.3 is 12.5 Å². The molecule has 2 heterocycles. The standard InChI is InChI=1S/C35H41F3N4O7S/c1-22(43)39-16-6-5-7-17-47-25-12-8-23(9-13-25)18-40-31(44)27-20-42(19-24-10-14-26(15-11-24)48-35(36,37)38)32(45)29-28(21-50-30(27)29)41-33(46)49-34(2,3)4/h8-15,20,28H,5-7,16-19,21H2,1-4H3,(H,39,43)(H,40,44)(H,41,46)/t28-/m0/s1. The van der Waals surface area contributed by atoms with E-state index >= 15 is 0 Å². The fourth-order valence-electron chi connectivity index (χ4n) is 5.06. The number of hydrogen-bond acceptors (Lipinski definition) is 8. The van der Waals surface area contributed by atoms with Crippen LogP contribution in [0.3, 0.4) is 0 Å². The number of carbonyl (C=O) groups excluding carboxylic acids is 3. The highest BCUT2D eigenvalue weighted by Crippen LogP contribution is 2.39. The molecule has 0 aliphatic carbocycles. The van der Waals surface area contributed by atoms with Crippen LogP contribution >= 0.6 is 11.8 Å². The topological polar surface area (TPSA) is 137 Å². The van der Waals surface area contributed by atoms with Crippen LogP contribution in [-0.4, -0.2) is 53.3 Å². The summed E-state index contributed by atoms with van der Waals surface area (Å²) in [5, 5.41) is 8.39. The molecule has 0 saturated carbocycles. The molecule has 3 amide bonds. The van der Waals surface area contributed by atoms with Crippen molar-refractivity contribution in [3.63, 3.8) is 0 Å². The number of thioether (sulfide) groups is 1. The number of unbranched alkanes of at least 4 members (excludes halogenated alkanes) is 2. The number of nitrogens with one attached hydrogen (secondary N) is 3. The number of benzene rings is 2. The first-order chi connectivity index (χ1) is 23.6. The lowest BCUT2D eigenvalue weighted by Crippen LogP contribution is -2.38. The summed E-state index contributed by atoms with van der Waals surface area (Å²) in [6.45, 7) is 7.92. The van der Waals surface area contributed by atoms with Gasteiger partial charge < -0.3 is 34.7 Å². The van der Waals surface area contributed by atoms with Gasteiger partial charge in [-0.1, -0.05) is 24.3 Å². The molecule has 0 spiro atoms. The Morgan fingerprint density at radius 1 is 0.920 bits per heavy atom. The molecule has 0 radical (unpaired) electrons. The van der Waals surface area contributed by atoms with E-state index in [0.29, 0.717) is 29.4 Å². The highest BCUT2D eigenvalue weighted by molar-refractivity contribution is 7.99. The summed E-state index contributed by atoms with van der Waals surface area (Å²) in [7, 11) is 0. The summed E-state index contributed by atoms with van der Waals surface area (Å²) in [6.07, 6.45) is -1.51. The van der Waals surface area contributed by atoms with Gasteiger partial charge in [-0.3, -0.25) is 14.4 Å². The van der Waals surface area contributed by atoms with E-state index in [1.807, 2.05) is 24.3 Å². The fraction of sp³-hybridized carbons (Fsp3) is 0.429. The minimum atomic E-state index is -4.85. The number of ether oxygens (including phenoxy) is 3. The van der Waals surface area contributed by atoms with Crippen molar-refractivity contribution in [2.45, 2.75) is 82.9 Å². The Labute approximate surface area is 292 Å². The Balaban J connectivity index is 1.47. The van der Waals surface area contributed by atoms with Gasteiger partial charge in [-0.25, -0.2) is 4.79 Å². The van der Waals surface area contributed by atoms with Gasteiger partial charge in [-0.15, -0.1) is 24.9 Å². The van der Waals surface area contributed by atoms with E-state index in [2.05, 4.69) is 20.7 Å². The number of alkyl carbamates (subject to hydrolysis) is 1. The lowest BCUT2D eigenvalue weighted by molar-refractivity contribution is -0.274. The van der Waals surface area contributed by atoms with Gasteiger partial charge in [0.15, 0.2) is 0 Å². The van der Waals surface area contributed by atoms with Gasteiger partial charge in [0.05, 0.1) is 30.3 Å². The van der Waals surface area contributed by atoms with Gasteiger partial charge in [0.2, 0.25) is 5.91 Å². The first-order valence-electron chi connectivity index (χ1n) is 16.1. The third-order valence-electron chi connectivity index (χ3n) is 7.29. The van der Waals surface area contributed by atoms with Crippen molar-refractivity contribution in [3.8, 4) is 11.5 Å². The average Bonchev–Trinajstić information content (AvgIpc) is 3.44. The van der Waals surface area contributed by atoms with Crippen LogP contribution in [0.4, 0.5) is 18.0 Å². The smallest absolute Gasteiger partial charge is 0.494 e. The molecule has 0 fully saturated rings. The summed E-state index contributed by atoms with van der Waals surface area (Å²) in [5.41, 5.74) is 0.506. The van der Waals surface area contributed by atoms with Crippen LogP contribution in [0.25, 0.3) is 0 Å². The Kier molecular flexibility index (Phi) is 12.8. The number of nitrogens with zero attached hydrogens (tertiary/aromatic N) is 1. The first kappa shape index (κ1) is 38.1. The molecule has 0 bridgehead atoms. The van der Waals surface area contributed by atoms with E-state index in [-0.39, 0.29) is 35.9 Å². The zero-order chi connectivity index (χ0) is 36.5. The predicted molar refractivity (Wildman–Crippen MR) is 181 cm³/mol. The number of aromatic nitrogens is 1. The highest BCUT2D eigenvalue weighted by atomic mass is 32.2. The number of fused-ring (bicyclic) bond motifs is 1. The molecular formula is C35H41F3N4O7S. The van der Waals surface area contributed by atoms with Crippen molar-refractivity contribution in [3.05, 3.63) is 87.3 Å². The van der Waals surface area contributed by atoms with Gasteiger partial charge in [0.1, 0.15) is 17.1 Å².